The van der Waals surface area contributed by atoms with E-state index in [1.165, 1.54) is 6.42 Å². The molecule has 0 aromatic carbocycles. The fourth-order valence-corrected chi connectivity index (χ4v) is 4.85. The van der Waals surface area contributed by atoms with Gasteiger partial charge in [0, 0.05) is 12.4 Å². The number of aromatic amines is 1. The lowest BCUT2D eigenvalue weighted by atomic mass is 9.80. The number of H-pyrrole nitrogens is 1. The van der Waals surface area contributed by atoms with Gasteiger partial charge in [0.15, 0.2) is 0 Å². The first kappa shape index (κ1) is 15.8. The van der Waals surface area contributed by atoms with Crippen LogP contribution in [0.1, 0.15) is 37.1 Å². The van der Waals surface area contributed by atoms with Gasteiger partial charge in [0.1, 0.15) is 4.90 Å². The van der Waals surface area contributed by atoms with Crippen molar-refractivity contribution in [3.63, 3.8) is 0 Å². The van der Waals surface area contributed by atoms with Gasteiger partial charge in [-0.25, -0.2) is 13.1 Å². The highest BCUT2D eigenvalue weighted by molar-refractivity contribution is 7.89. The Kier molecular flexibility index (Phi) is 5.09. The van der Waals surface area contributed by atoms with E-state index in [0.29, 0.717) is 35.6 Å². The molecular weight excluding hydrogens is 298 g/mol. The Morgan fingerprint density at radius 3 is 2.50 bits per heavy atom. The molecule has 2 atom stereocenters. The summed E-state index contributed by atoms with van der Waals surface area (Å²) in [5, 5.41) is 6.65. The molecule has 0 spiro atoms. The van der Waals surface area contributed by atoms with Crippen LogP contribution in [0, 0.1) is 25.7 Å². The molecule has 1 saturated carbocycles. The quantitative estimate of drug-likeness (QED) is 0.818. The molecule has 7 heteroatoms. The van der Waals surface area contributed by atoms with Gasteiger partial charge in [-0.3, -0.25) is 5.10 Å². The Morgan fingerprint density at radius 2 is 1.95 bits per heavy atom. The molecule has 1 aliphatic carbocycles. The van der Waals surface area contributed by atoms with Crippen LogP contribution in [0.2, 0.25) is 0 Å². The predicted molar refractivity (Wildman–Crippen MR) is 79.4 cm³/mol. The number of sulfonamides is 1. The summed E-state index contributed by atoms with van der Waals surface area (Å²) < 4.78 is 27.5. The molecule has 0 bridgehead atoms. The normalized spacial score (nSPS) is 23.9. The van der Waals surface area contributed by atoms with Crippen LogP contribution in [0.25, 0.3) is 0 Å². The average molecular weight is 320 g/mol. The van der Waals surface area contributed by atoms with Crippen molar-refractivity contribution in [2.75, 3.05) is 12.4 Å². The Morgan fingerprint density at radius 1 is 1.30 bits per heavy atom. The van der Waals surface area contributed by atoms with Gasteiger partial charge in [-0.15, -0.1) is 11.6 Å². The van der Waals surface area contributed by atoms with Crippen LogP contribution < -0.4 is 4.72 Å². The highest BCUT2D eigenvalue weighted by Gasteiger charge is 2.28. The summed E-state index contributed by atoms with van der Waals surface area (Å²) in [6.45, 7) is 3.88. The third kappa shape index (κ3) is 3.35. The van der Waals surface area contributed by atoms with Crippen LogP contribution in [0.15, 0.2) is 4.90 Å². The molecule has 1 aliphatic rings. The van der Waals surface area contributed by atoms with Gasteiger partial charge in [0.05, 0.1) is 11.4 Å². The zero-order valence-corrected chi connectivity index (χ0v) is 13.5. The van der Waals surface area contributed by atoms with Crippen molar-refractivity contribution >= 4 is 21.6 Å². The standard InChI is InChI=1S/C13H22ClN3O2S/c1-9-13(10(2)17-16-9)20(18,19)15-8-12-6-4-3-5-11(12)7-14/h11-12,15H,3-8H2,1-2H3,(H,16,17). The molecule has 0 amide bonds. The molecule has 5 nitrogen and oxygen atoms in total. The second-order valence-corrected chi connectivity index (χ2v) is 7.59. The van der Waals surface area contributed by atoms with Gasteiger partial charge in [-0.2, -0.15) is 5.10 Å². The smallest absolute Gasteiger partial charge is 0.244 e. The monoisotopic (exact) mass is 319 g/mol. The van der Waals surface area contributed by atoms with Gasteiger partial charge in [0.2, 0.25) is 10.0 Å². The lowest BCUT2D eigenvalue weighted by molar-refractivity contribution is 0.260. The summed E-state index contributed by atoms with van der Waals surface area (Å²) in [4.78, 5) is 0.274. The number of rotatable bonds is 5. The molecule has 1 fully saturated rings. The number of alkyl halides is 1. The average Bonchev–Trinajstić information content (AvgIpc) is 2.77. The number of nitrogens with zero attached hydrogens (tertiary/aromatic N) is 1. The van der Waals surface area contributed by atoms with E-state index in [9.17, 15) is 8.42 Å². The van der Waals surface area contributed by atoms with Crippen molar-refractivity contribution in [2.45, 2.75) is 44.4 Å². The first-order valence-corrected chi connectivity index (χ1v) is 9.04. The topological polar surface area (TPSA) is 74.8 Å². The molecule has 114 valence electrons. The molecular formula is C13H22ClN3O2S. The van der Waals surface area contributed by atoms with E-state index in [0.717, 1.165) is 19.3 Å². The van der Waals surface area contributed by atoms with Gasteiger partial charge in [0.25, 0.3) is 0 Å². The van der Waals surface area contributed by atoms with Crippen molar-refractivity contribution in [2.24, 2.45) is 11.8 Å². The third-order valence-electron chi connectivity index (χ3n) is 4.13. The Bertz CT molecular complexity index is 536. The minimum atomic E-state index is -3.50. The first-order chi connectivity index (χ1) is 9.45. The minimum absolute atomic E-state index is 0.274. The minimum Gasteiger partial charge on any atom is -0.281 e. The highest BCUT2D eigenvalue weighted by atomic mass is 35.5. The van der Waals surface area contributed by atoms with E-state index < -0.39 is 10.0 Å². The van der Waals surface area contributed by atoms with Crippen LogP contribution >= 0.6 is 11.6 Å². The number of hydrogen-bond donors (Lipinski definition) is 2. The molecule has 0 aliphatic heterocycles. The molecule has 1 aromatic rings. The molecule has 0 radical (unpaired) electrons. The summed E-state index contributed by atoms with van der Waals surface area (Å²) in [5.74, 6) is 1.36. The van der Waals surface area contributed by atoms with Crippen LogP contribution in [-0.4, -0.2) is 31.0 Å². The van der Waals surface area contributed by atoms with Crippen molar-refractivity contribution < 1.29 is 8.42 Å². The van der Waals surface area contributed by atoms with E-state index in [2.05, 4.69) is 14.9 Å². The molecule has 2 unspecified atom stereocenters. The Balaban J connectivity index is 2.06. The molecule has 2 rings (SSSR count). The summed E-state index contributed by atoms with van der Waals surface area (Å²) >= 11 is 5.98. The zero-order chi connectivity index (χ0) is 14.8. The lowest BCUT2D eigenvalue weighted by Gasteiger charge is -2.30. The third-order valence-corrected chi connectivity index (χ3v) is 6.21. The maximum absolute atomic E-state index is 12.4. The largest absolute Gasteiger partial charge is 0.281 e. The van der Waals surface area contributed by atoms with Crippen molar-refractivity contribution in [1.29, 1.82) is 0 Å². The zero-order valence-electron chi connectivity index (χ0n) is 11.9. The van der Waals surface area contributed by atoms with Gasteiger partial charge >= 0.3 is 0 Å². The number of hydrogen-bond acceptors (Lipinski definition) is 3. The van der Waals surface area contributed by atoms with Crippen molar-refractivity contribution in [1.82, 2.24) is 14.9 Å². The van der Waals surface area contributed by atoms with Crippen LogP contribution in [0.5, 0.6) is 0 Å². The molecule has 1 heterocycles. The van der Waals surface area contributed by atoms with Gasteiger partial charge in [-0.05, 0) is 38.5 Å². The van der Waals surface area contributed by atoms with Crippen molar-refractivity contribution in [3.8, 4) is 0 Å². The van der Waals surface area contributed by atoms with E-state index >= 15 is 0 Å². The molecule has 2 N–H and O–H groups in total. The predicted octanol–water partition coefficient (Wildman–Crippen LogP) is 2.35. The summed E-state index contributed by atoms with van der Waals surface area (Å²) in [6.07, 6.45) is 4.49. The van der Waals surface area contributed by atoms with Gasteiger partial charge < -0.3 is 0 Å². The van der Waals surface area contributed by atoms with Crippen molar-refractivity contribution in [3.05, 3.63) is 11.4 Å². The Hall–Kier alpha value is -0.590. The molecule has 0 saturated heterocycles. The summed E-state index contributed by atoms with van der Waals surface area (Å²) in [5.41, 5.74) is 1.08. The number of nitrogens with one attached hydrogen (secondary N) is 2. The maximum atomic E-state index is 12.4. The van der Waals surface area contributed by atoms with Gasteiger partial charge in [-0.1, -0.05) is 12.8 Å². The van der Waals surface area contributed by atoms with Crippen LogP contribution in [0.4, 0.5) is 0 Å². The highest BCUT2D eigenvalue weighted by Crippen LogP contribution is 2.30. The summed E-state index contributed by atoms with van der Waals surface area (Å²) in [6, 6.07) is 0. The SMILES string of the molecule is Cc1n[nH]c(C)c1S(=O)(=O)NCC1CCCCC1CCl. The number of aromatic nitrogens is 2. The lowest BCUT2D eigenvalue weighted by Crippen LogP contribution is -2.35. The fraction of sp³-hybridized carbons (Fsp3) is 0.769. The summed E-state index contributed by atoms with van der Waals surface area (Å²) in [7, 11) is -3.50. The number of aryl methyl sites for hydroxylation is 2. The van der Waals surface area contributed by atoms with E-state index in [4.69, 9.17) is 11.6 Å². The van der Waals surface area contributed by atoms with E-state index in [-0.39, 0.29) is 4.90 Å². The second-order valence-electron chi connectivity index (χ2n) is 5.57. The maximum Gasteiger partial charge on any atom is 0.244 e. The first-order valence-electron chi connectivity index (χ1n) is 7.03. The van der Waals surface area contributed by atoms with E-state index in [1.807, 2.05) is 0 Å². The molecule has 20 heavy (non-hydrogen) atoms. The van der Waals surface area contributed by atoms with Crippen LogP contribution in [-0.2, 0) is 10.0 Å². The molecule has 1 aromatic heterocycles. The van der Waals surface area contributed by atoms with E-state index in [1.54, 1.807) is 13.8 Å². The fourth-order valence-electron chi connectivity index (χ4n) is 2.98. The number of halogens is 1. The van der Waals surface area contributed by atoms with Crippen LogP contribution in [0.3, 0.4) is 0 Å². The Labute approximate surface area is 125 Å². The second kappa shape index (κ2) is 6.45.